The Hall–Kier alpha value is -5.18. The molecule has 0 saturated heterocycles. The molecule has 0 N–H and O–H groups in total. The summed E-state index contributed by atoms with van der Waals surface area (Å²) in [4.78, 5) is 15.1. The fraction of sp³-hybridized carbons (Fsp3) is 0.277. The van der Waals surface area contributed by atoms with Gasteiger partial charge in [0.25, 0.3) is 0 Å². The second kappa shape index (κ2) is 12.5. The topological polar surface area (TPSA) is 62.5 Å². The molecule has 1 aliphatic heterocycles. The third-order valence-electron chi connectivity index (χ3n) is 12.4. The molecule has 0 amide bonds. The molecule has 6 aromatic rings. The predicted molar refractivity (Wildman–Crippen MR) is 215 cm³/mol. The smallest absolute Gasteiger partial charge is 0.164 e. The average molecular weight is 693 g/mol. The molecule has 52 heavy (non-hydrogen) atoms. The first kappa shape index (κ1) is 32.7. The van der Waals surface area contributed by atoms with E-state index in [9.17, 15) is 5.26 Å². The molecular weight excluding hydrogens is 649 g/mol. The zero-order valence-electron chi connectivity index (χ0n) is 30.5. The van der Waals surface area contributed by atoms with Crippen LogP contribution in [0.5, 0.6) is 0 Å². The Morgan fingerprint density at radius 1 is 0.577 bits per heavy atom. The van der Waals surface area contributed by atoms with Crippen LogP contribution in [-0.2, 0) is 5.41 Å². The Morgan fingerprint density at radius 3 is 1.69 bits per heavy atom. The number of rotatable bonds is 5. The number of nitriles is 1. The minimum Gasteiger partial charge on any atom is -0.208 e. The molecule has 2 heterocycles. The fourth-order valence-corrected chi connectivity index (χ4v) is 13.3. The average Bonchev–Trinajstić information content (AvgIpc) is 3.39. The van der Waals surface area contributed by atoms with E-state index in [1.54, 1.807) is 0 Å². The van der Waals surface area contributed by atoms with Crippen LogP contribution in [0.4, 0.5) is 0 Å². The quantitative estimate of drug-likeness (QED) is 0.169. The largest absolute Gasteiger partial charge is 0.208 e. The van der Waals surface area contributed by atoms with Crippen molar-refractivity contribution in [2.75, 3.05) is 0 Å². The summed E-state index contributed by atoms with van der Waals surface area (Å²) < 4.78 is 0. The van der Waals surface area contributed by atoms with Gasteiger partial charge in [0.15, 0.2) is 17.5 Å². The Bertz CT molecular complexity index is 2330. The first-order valence-electron chi connectivity index (χ1n) is 18.9. The lowest BCUT2D eigenvalue weighted by molar-refractivity contribution is 0.0780. The molecule has 2 saturated carbocycles. The lowest BCUT2D eigenvalue weighted by Crippen LogP contribution is -2.49. The third-order valence-corrected chi connectivity index (χ3v) is 15.9. The molecular formula is C47H44N4Si. The molecule has 5 aromatic carbocycles. The van der Waals surface area contributed by atoms with E-state index in [1.165, 1.54) is 70.3 Å². The fourth-order valence-electron chi connectivity index (χ4n) is 10.2. The number of nitrogens with zero attached hydrogens (tertiary/aromatic N) is 4. The number of benzene rings is 5. The van der Waals surface area contributed by atoms with E-state index in [4.69, 9.17) is 15.0 Å². The molecule has 9 rings (SSSR count). The minimum atomic E-state index is -1.88. The number of fused-ring (bicyclic) bond motifs is 5. The summed E-state index contributed by atoms with van der Waals surface area (Å²) in [6.07, 6.45) is 6.79. The van der Waals surface area contributed by atoms with Crippen molar-refractivity contribution in [2.24, 2.45) is 17.8 Å². The molecule has 256 valence electrons. The van der Waals surface area contributed by atoms with Crippen LogP contribution >= 0.6 is 0 Å². The highest BCUT2D eigenvalue weighted by Crippen LogP contribution is 2.54. The lowest BCUT2D eigenvalue weighted by atomic mass is 9.54. The van der Waals surface area contributed by atoms with Crippen LogP contribution in [0.25, 0.3) is 56.4 Å². The highest BCUT2D eigenvalue weighted by molar-refractivity contribution is 7.03. The van der Waals surface area contributed by atoms with Gasteiger partial charge in [-0.05, 0) is 118 Å². The maximum absolute atomic E-state index is 9.41. The van der Waals surface area contributed by atoms with Crippen molar-refractivity contribution in [1.29, 1.82) is 5.26 Å². The van der Waals surface area contributed by atoms with Crippen molar-refractivity contribution in [3.63, 3.8) is 0 Å². The van der Waals surface area contributed by atoms with Crippen LogP contribution in [0.15, 0.2) is 115 Å². The summed E-state index contributed by atoms with van der Waals surface area (Å²) in [6.45, 7) is 9.78. The Kier molecular flexibility index (Phi) is 7.86. The van der Waals surface area contributed by atoms with Crippen LogP contribution in [0.3, 0.4) is 0 Å². The van der Waals surface area contributed by atoms with Gasteiger partial charge in [0.1, 0.15) is 8.07 Å². The van der Waals surface area contributed by atoms with Crippen molar-refractivity contribution in [3.05, 3.63) is 126 Å². The van der Waals surface area contributed by atoms with E-state index in [2.05, 4.69) is 124 Å². The van der Waals surface area contributed by atoms with Gasteiger partial charge in [0.2, 0.25) is 0 Å². The van der Waals surface area contributed by atoms with E-state index in [0.29, 0.717) is 28.5 Å². The highest BCUT2D eigenvalue weighted by Gasteiger charge is 2.45. The van der Waals surface area contributed by atoms with Gasteiger partial charge >= 0.3 is 0 Å². The number of hydrogen-bond donors (Lipinski definition) is 0. The van der Waals surface area contributed by atoms with Crippen LogP contribution < -0.4 is 10.4 Å². The third kappa shape index (κ3) is 5.61. The maximum atomic E-state index is 9.41. The number of aromatic nitrogens is 3. The molecule has 2 fully saturated rings. The molecule has 4 nitrogen and oxygen atoms in total. The first-order valence-corrected chi connectivity index (χ1v) is 21.9. The molecule has 5 heteroatoms. The second-order valence-corrected chi connectivity index (χ2v) is 20.8. The zero-order valence-corrected chi connectivity index (χ0v) is 31.5. The summed E-state index contributed by atoms with van der Waals surface area (Å²) in [5.41, 5.74) is 10.4. The minimum absolute atomic E-state index is 0.339. The SMILES string of the molecule is C[C@@H]1C[C@@H]2C[C@H](C)CC(c3ccc(-c4ccc(-c5nc(-c6ccc(C#N)cc6)nc(-c6ccc7c(c6)[Si](C)(C)c6ccccc6-7)n5)cc4)cc3)(C1)C2. The maximum Gasteiger partial charge on any atom is 0.164 e. The standard InChI is InChI=1S/C47H44N4Si/c1-30-23-33-24-31(2)27-47(26-30,28-33)39-20-17-35(18-21-39)34-13-15-37(16-14-34)45-49-44(36-11-9-32(29-48)10-12-36)50-46(51-45)38-19-22-41-40-7-5-6-8-42(40)52(3,4)43(41)25-38/h5-22,25,30-31,33H,23-24,26-28H2,1-4H3/t30-,31+,33-,47?. The lowest BCUT2D eigenvalue weighted by Gasteiger charge is -2.50. The molecule has 1 aromatic heterocycles. The van der Waals surface area contributed by atoms with E-state index in [-0.39, 0.29) is 0 Å². The van der Waals surface area contributed by atoms with Gasteiger partial charge in [0.05, 0.1) is 11.6 Å². The van der Waals surface area contributed by atoms with Crippen LogP contribution in [0, 0.1) is 29.1 Å². The Morgan fingerprint density at radius 2 is 1.08 bits per heavy atom. The van der Waals surface area contributed by atoms with Gasteiger partial charge in [-0.15, -0.1) is 0 Å². The summed E-state index contributed by atoms with van der Waals surface area (Å²) in [6, 6.07) is 43.4. The molecule has 2 bridgehead atoms. The predicted octanol–water partition coefficient (Wildman–Crippen LogP) is 10.3. The van der Waals surface area contributed by atoms with Crippen molar-refractivity contribution in [3.8, 4) is 62.5 Å². The second-order valence-electron chi connectivity index (χ2n) is 16.5. The summed E-state index contributed by atoms with van der Waals surface area (Å²) >= 11 is 0. The van der Waals surface area contributed by atoms with Crippen molar-refractivity contribution >= 4 is 18.4 Å². The highest BCUT2D eigenvalue weighted by atomic mass is 28.3. The van der Waals surface area contributed by atoms with E-state index < -0.39 is 8.07 Å². The van der Waals surface area contributed by atoms with E-state index in [1.807, 2.05) is 24.3 Å². The van der Waals surface area contributed by atoms with Crippen LogP contribution in [0.2, 0.25) is 13.1 Å². The number of hydrogen-bond acceptors (Lipinski definition) is 4. The molecule has 0 spiro atoms. The van der Waals surface area contributed by atoms with Gasteiger partial charge in [-0.1, -0.05) is 118 Å². The van der Waals surface area contributed by atoms with Gasteiger partial charge < -0.3 is 0 Å². The van der Waals surface area contributed by atoms with E-state index >= 15 is 0 Å². The van der Waals surface area contributed by atoms with Gasteiger partial charge in [-0.2, -0.15) is 5.26 Å². The van der Waals surface area contributed by atoms with Crippen molar-refractivity contribution in [1.82, 2.24) is 15.0 Å². The van der Waals surface area contributed by atoms with Crippen LogP contribution in [-0.4, -0.2) is 23.0 Å². The summed E-state index contributed by atoms with van der Waals surface area (Å²) in [5.74, 6) is 4.38. The van der Waals surface area contributed by atoms with Crippen molar-refractivity contribution in [2.45, 2.75) is 64.5 Å². The normalized spacial score (nSPS) is 22.6. The van der Waals surface area contributed by atoms with Crippen molar-refractivity contribution < 1.29 is 0 Å². The van der Waals surface area contributed by atoms with Gasteiger partial charge in [0, 0.05) is 16.7 Å². The zero-order chi connectivity index (χ0) is 35.6. The molecule has 1 unspecified atom stereocenters. The molecule has 2 aliphatic carbocycles. The Labute approximate surface area is 308 Å². The molecule has 0 radical (unpaired) electrons. The Balaban J connectivity index is 1.06. The summed E-state index contributed by atoms with van der Waals surface area (Å²) in [5, 5.41) is 12.3. The van der Waals surface area contributed by atoms with Crippen LogP contribution in [0.1, 0.15) is 57.1 Å². The first-order chi connectivity index (χ1) is 25.2. The summed E-state index contributed by atoms with van der Waals surface area (Å²) in [7, 11) is -1.88. The molecule has 4 atom stereocenters. The van der Waals surface area contributed by atoms with Gasteiger partial charge in [-0.3, -0.25) is 0 Å². The monoisotopic (exact) mass is 692 g/mol. The van der Waals surface area contributed by atoms with Gasteiger partial charge in [-0.25, -0.2) is 15.0 Å². The van der Waals surface area contributed by atoms with E-state index in [0.717, 1.165) is 34.4 Å². The molecule has 3 aliphatic rings.